The minimum absolute atomic E-state index is 0.0586. The molecule has 0 aromatic carbocycles. The number of hydrogen-bond donors (Lipinski definition) is 1. The molecule has 0 bridgehead atoms. The zero-order valence-corrected chi connectivity index (χ0v) is 10.6. The van der Waals surface area contributed by atoms with Gasteiger partial charge in [-0.25, -0.2) is 0 Å². The summed E-state index contributed by atoms with van der Waals surface area (Å²) in [5.74, 6) is -0.418. The lowest BCUT2D eigenvalue weighted by Crippen LogP contribution is -2.47. The molecule has 0 aliphatic carbocycles. The zero-order valence-electron chi connectivity index (χ0n) is 10.6. The van der Waals surface area contributed by atoms with Gasteiger partial charge in [0.25, 0.3) is 0 Å². The number of piperidine rings is 1. The lowest BCUT2D eigenvalue weighted by atomic mass is 9.95. The Morgan fingerprint density at radius 3 is 2.44 bits per heavy atom. The first-order valence-electron chi connectivity index (χ1n) is 6.33. The van der Waals surface area contributed by atoms with Gasteiger partial charge >= 0.3 is 5.97 Å². The smallest absolute Gasteiger partial charge is 0.308 e. The first-order chi connectivity index (χ1) is 8.63. The van der Waals surface area contributed by atoms with Crippen molar-refractivity contribution in [1.29, 1.82) is 0 Å². The third-order valence-electron chi connectivity index (χ3n) is 3.78. The number of nitrogens with zero attached hydrogens (tertiary/aromatic N) is 1. The van der Waals surface area contributed by atoms with Crippen LogP contribution in [0.5, 0.6) is 0 Å². The molecule has 2 rings (SSSR count). The van der Waals surface area contributed by atoms with Gasteiger partial charge in [-0.3, -0.25) is 9.59 Å². The molecule has 2 aliphatic heterocycles. The molecule has 6 heteroatoms. The first-order valence-corrected chi connectivity index (χ1v) is 6.33. The predicted molar refractivity (Wildman–Crippen MR) is 63.6 cm³/mol. The molecule has 18 heavy (non-hydrogen) atoms. The molecule has 0 aromatic rings. The maximum atomic E-state index is 12.2. The van der Waals surface area contributed by atoms with Crippen LogP contribution in [0, 0.1) is 11.8 Å². The summed E-state index contributed by atoms with van der Waals surface area (Å²) in [7, 11) is 1.40. The second-order valence-electron chi connectivity index (χ2n) is 4.93. The Morgan fingerprint density at radius 1 is 1.28 bits per heavy atom. The average Bonchev–Trinajstić information content (AvgIpc) is 2.83. The zero-order chi connectivity index (χ0) is 13.1. The second-order valence-corrected chi connectivity index (χ2v) is 4.93. The van der Waals surface area contributed by atoms with E-state index in [0.29, 0.717) is 39.1 Å². The summed E-state index contributed by atoms with van der Waals surface area (Å²) in [6, 6.07) is -0.198. The Balaban J connectivity index is 1.86. The van der Waals surface area contributed by atoms with E-state index in [9.17, 15) is 9.59 Å². The van der Waals surface area contributed by atoms with E-state index in [2.05, 4.69) is 0 Å². The molecule has 2 fully saturated rings. The summed E-state index contributed by atoms with van der Waals surface area (Å²) in [6.45, 7) is 2.07. The minimum Gasteiger partial charge on any atom is -0.469 e. The van der Waals surface area contributed by atoms with Gasteiger partial charge in [-0.15, -0.1) is 0 Å². The van der Waals surface area contributed by atoms with Crippen LogP contribution in [0.1, 0.15) is 12.8 Å². The van der Waals surface area contributed by atoms with Crippen molar-refractivity contribution in [2.75, 3.05) is 33.4 Å². The van der Waals surface area contributed by atoms with E-state index in [1.54, 1.807) is 4.90 Å². The third-order valence-corrected chi connectivity index (χ3v) is 3.78. The number of esters is 1. The number of rotatable bonds is 2. The Bertz CT molecular complexity index is 326. The van der Waals surface area contributed by atoms with Crippen LogP contribution in [0.15, 0.2) is 0 Å². The van der Waals surface area contributed by atoms with Crippen LogP contribution in [0.25, 0.3) is 0 Å². The van der Waals surface area contributed by atoms with Gasteiger partial charge in [-0.1, -0.05) is 0 Å². The fourth-order valence-electron chi connectivity index (χ4n) is 2.56. The Labute approximate surface area is 106 Å². The molecule has 2 aliphatic rings. The average molecular weight is 256 g/mol. The first kappa shape index (κ1) is 13.3. The molecule has 102 valence electrons. The third kappa shape index (κ3) is 2.64. The van der Waals surface area contributed by atoms with E-state index in [1.807, 2.05) is 0 Å². The Kier molecular flexibility index (Phi) is 4.19. The van der Waals surface area contributed by atoms with Crippen LogP contribution in [0.2, 0.25) is 0 Å². The maximum absolute atomic E-state index is 12.2. The van der Waals surface area contributed by atoms with E-state index in [-0.39, 0.29) is 29.8 Å². The normalized spacial score (nSPS) is 29.3. The Hall–Kier alpha value is -1.14. The summed E-state index contributed by atoms with van der Waals surface area (Å²) >= 11 is 0. The summed E-state index contributed by atoms with van der Waals surface area (Å²) in [5, 5.41) is 0. The molecule has 2 unspecified atom stereocenters. The molecule has 0 radical (unpaired) electrons. The molecular weight excluding hydrogens is 236 g/mol. The van der Waals surface area contributed by atoms with Crippen molar-refractivity contribution >= 4 is 11.9 Å². The van der Waals surface area contributed by atoms with Crippen molar-refractivity contribution in [2.45, 2.75) is 18.9 Å². The number of nitrogens with two attached hydrogens (primary N) is 1. The molecular formula is C12H20N2O4. The van der Waals surface area contributed by atoms with E-state index in [1.165, 1.54) is 7.11 Å². The predicted octanol–water partition coefficient (Wildman–Crippen LogP) is -0.628. The number of methoxy groups -OCH3 is 1. The lowest BCUT2D eigenvalue weighted by Gasteiger charge is -2.32. The van der Waals surface area contributed by atoms with Gasteiger partial charge in [0.2, 0.25) is 5.91 Å². The van der Waals surface area contributed by atoms with Crippen LogP contribution in [0.3, 0.4) is 0 Å². The van der Waals surface area contributed by atoms with Crippen molar-refractivity contribution < 1.29 is 19.1 Å². The summed E-state index contributed by atoms with van der Waals surface area (Å²) in [4.78, 5) is 25.4. The standard InChI is InChI=1S/C12H20N2O4/c1-17-12(16)8-2-4-14(5-3-8)11(15)9-6-18-7-10(9)13/h8-10H,2-7,13H2,1H3. The number of hydrogen-bond acceptors (Lipinski definition) is 5. The molecule has 2 saturated heterocycles. The highest BCUT2D eigenvalue weighted by molar-refractivity contribution is 5.80. The van der Waals surface area contributed by atoms with Crippen molar-refractivity contribution in [2.24, 2.45) is 17.6 Å². The highest BCUT2D eigenvalue weighted by Crippen LogP contribution is 2.22. The molecule has 2 atom stereocenters. The maximum Gasteiger partial charge on any atom is 0.308 e. The van der Waals surface area contributed by atoms with Gasteiger partial charge in [0.15, 0.2) is 0 Å². The van der Waals surface area contributed by atoms with Crippen molar-refractivity contribution in [3.05, 3.63) is 0 Å². The van der Waals surface area contributed by atoms with Gasteiger partial charge in [0.1, 0.15) is 0 Å². The summed E-state index contributed by atoms with van der Waals surface area (Å²) < 4.78 is 9.93. The van der Waals surface area contributed by atoms with Gasteiger partial charge in [-0.05, 0) is 12.8 Å². The van der Waals surface area contributed by atoms with Gasteiger partial charge in [-0.2, -0.15) is 0 Å². The van der Waals surface area contributed by atoms with Crippen LogP contribution >= 0.6 is 0 Å². The Morgan fingerprint density at radius 2 is 1.94 bits per heavy atom. The molecule has 6 nitrogen and oxygen atoms in total. The largest absolute Gasteiger partial charge is 0.469 e. The van der Waals surface area contributed by atoms with Gasteiger partial charge < -0.3 is 20.1 Å². The van der Waals surface area contributed by atoms with Crippen LogP contribution < -0.4 is 5.73 Å². The van der Waals surface area contributed by atoms with E-state index >= 15 is 0 Å². The fourth-order valence-corrected chi connectivity index (χ4v) is 2.56. The SMILES string of the molecule is COC(=O)C1CCN(C(=O)C2COCC2N)CC1. The van der Waals surface area contributed by atoms with Crippen molar-refractivity contribution in [1.82, 2.24) is 4.90 Å². The molecule has 2 N–H and O–H groups in total. The lowest BCUT2D eigenvalue weighted by molar-refractivity contribution is -0.149. The number of amides is 1. The quantitative estimate of drug-likeness (QED) is 0.665. The monoisotopic (exact) mass is 256 g/mol. The minimum atomic E-state index is -0.223. The highest BCUT2D eigenvalue weighted by Gasteiger charge is 2.36. The van der Waals surface area contributed by atoms with Crippen LogP contribution in [0.4, 0.5) is 0 Å². The number of likely N-dealkylation sites (tertiary alicyclic amines) is 1. The highest BCUT2D eigenvalue weighted by atomic mass is 16.5. The van der Waals surface area contributed by atoms with Gasteiger partial charge in [0, 0.05) is 19.1 Å². The van der Waals surface area contributed by atoms with E-state index in [4.69, 9.17) is 15.2 Å². The van der Waals surface area contributed by atoms with Crippen LogP contribution in [-0.2, 0) is 19.1 Å². The summed E-state index contributed by atoms with van der Waals surface area (Å²) in [6.07, 6.45) is 1.34. The fraction of sp³-hybridized carbons (Fsp3) is 0.833. The van der Waals surface area contributed by atoms with Crippen molar-refractivity contribution in [3.63, 3.8) is 0 Å². The topological polar surface area (TPSA) is 81.9 Å². The molecule has 1 amide bonds. The second kappa shape index (κ2) is 5.67. The van der Waals surface area contributed by atoms with Crippen LogP contribution in [-0.4, -0.2) is 56.2 Å². The van der Waals surface area contributed by atoms with E-state index in [0.717, 1.165) is 0 Å². The number of carbonyl (C=O) groups is 2. The van der Waals surface area contributed by atoms with Crippen molar-refractivity contribution in [3.8, 4) is 0 Å². The number of carbonyl (C=O) groups excluding carboxylic acids is 2. The van der Waals surface area contributed by atoms with E-state index < -0.39 is 0 Å². The molecule has 0 spiro atoms. The molecule has 0 aromatic heterocycles. The van der Waals surface area contributed by atoms with Gasteiger partial charge in [0.05, 0.1) is 32.2 Å². The summed E-state index contributed by atoms with van der Waals surface area (Å²) in [5.41, 5.74) is 5.84. The molecule has 2 heterocycles. The molecule has 0 saturated carbocycles. The number of ether oxygens (including phenoxy) is 2.